The topological polar surface area (TPSA) is 95.6 Å². The van der Waals surface area contributed by atoms with E-state index in [2.05, 4.69) is 10.6 Å². The predicted octanol–water partition coefficient (Wildman–Crippen LogP) is -3.10. The normalized spacial score (nSPS) is 19.1. The van der Waals surface area contributed by atoms with Crippen molar-refractivity contribution in [2.24, 2.45) is 0 Å². The Kier molecular flexibility index (Phi) is 6.58. The molecule has 2 aromatic rings. The molecule has 0 bridgehead atoms. The van der Waals surface area contributed by atoms with Gasteiger partial charge < -0.3 is 10.2 Å². The number of imide groups is 1. The second kappa shape index (κ2) is 9.10. The maximum atomic E-state index is 14.7. The van der Waals surface area contributed by atoms with E-state index in [0.717, 1.165) is 12.1 Å². The Bertz CT molecular complexity index is 1310. The Labute approximate surface area is 215 Å². The Morgan fingerprint density at radius 3 is 2.44 bits per heavy atom. The van der Waals surface area contributed by atoms with E-state index < -0.39 is 34.7 Å². The zero-order valence-corrected chi connectivity index (χ0v) is 21.1. The lowest BCUT2D eigenvalue weighted by atomic mass is 9.54. The highest BCUT2D eigenvalue weighted by Crippen LogP contribution is 2.37. The van der Waals surface area contributed by atoms with Crippen LogP contribution in [0.15, 0.2) is 30.3 Å². The van der Waals surface area contributed by atoms with E-state index in [0.29, 0.717) is 27.6 Å². The van der Waals surface area contributed by atoms with Gasteiger partial charge in [0, 0.05) is 34.5 Å². The number of amides is 4. The van der Waals surface area contributed by atoms with Gasteiger partial charge in [0.05, 0.1) is 0 Å². The number of hydrogen-bond acceptors (Lipinski definition) is 4. The molecule has 0 aromatic heterocycles. The Morgan fingerprint density at radius 1 is 1.19 bits per heavy atom. The summed E-state index contributed by atoms with van der Waals surface area (Å²) in [6.45, 7) is -0.171. The molecule has 36 heavy (non-hydrogen) atoms. The van der Waals surface area contributed by atoms with Crippen molar-refractivity contribution in [1.82, 2.24) is 15.5 Å². The standard InChI is InChI=1S/C22H22B4ClF2N3O4/c23-13-7-11-16(22(25,26)32(19(11)35)14-5-6-15(33)31-18(14)34)17(24)12(13)8-30-20(36)21(28,29)9-1-3-10(27)4-2-9/h1-4,7,14H,5-6,8,23-26H2,(H,30,36)(H,31,33,34). The van der Waals surface area contributed by atoms with Crippen LogP contribution in [-0.4, -0.2) is 66.0 Å². The van der Waals surface area contributed by atoms with Crippen molar-refractivity contribution in [2.75, 3.05) is 0 Å². The highest BCUT2D eigenvalue weighted by atomic mass is 35.5. The molecule has 4 rings (SSSR count). The molecule has 0 aliphatic carbocycles. The summed E-state index contributed by atoms with van der Waals surface area (Å²) in [4.78, 5) is 51.5. The predicted molar refractivity (Wildman–Crippen MR) is 141 cm³/mol. The smallest absolute Gasteiger partial charge is 0.347 e. The Morgan fingerprint density at radius 2 is 1.83 bits per heavy atom. The fraction of sp³-hybridized carbons (Fsp3) is 0.273. The first-order valence-corrected chi connectivity index (χ1v) is 11.9. The van der Waals surface area contributed by atoms with Gasteiger partial charge in [-0.15, -0.1) is 0 Å². The highest BCUT2D eigenvalue weighted by Gasteiger charge is 2.50. The van der Waals surface area contributed by atoms with Crippen LogP contribution >= 0.6 is 11.6 Å². The molecule has 4 amide bonds. The summed E-state index contributed by atoms with van der Waals surface area (Å²) in [5, 5.41) is 4.00. The number of piperidine rings is 1. The van der Waals surface area contributed by atoms with Gasteiger partial charge in [0.25, 0.3) is 11.8 Å². The fourth-order valence-corrected chi connectivity index (χ4v) is 5.41. The van der Waals surface area contributed by atoms with Crippen LogP contribution in [0, 0.1) is 0 Å². The van der Waals surface area contributed by atoms with Crippen LogP contribution in [0.25, 0.3) is 0 Å². The molecule has 2 heterocycles. The first-order valence-electron chi connectivity index (χ1n) is 11.5. The molecule has 14 heteroatoms. The fourth-order valence-electron chi connectivity index (χ4n) is 5.29. The van der Waals surface area contributed by atoms with Crippen LogP contribution in [0.4, 0.5) is 8.78 Å². The van der Waals surface area contributed by atoms with Gasteiger partial charge in [0.15, 0.2) is 0 Å². The van der Waals surface area contributed by atoms with E-state index in [9.17, 15) is 28.0 Å². The third-order valence-electron chi connectivity index (χ3n) is 7.04. The molecule has 1 fully saturated rings. The van der Waals surface area contributed by atoms with Gasteiger partial charge in [-0.1, -0.05) is 40.7 Å². The van der Waals surface area contributed by atoms with Crippen LogP contribution < -0.4 is 21.6 Å². The SMILES string of the molecule is Bc1cc2c(c(B)c1CNC(=O)C(F)(F)c1ccc(Cl)cc1)C(B)(B)N(C1CCC(=O)NC1=O)C2=O. The molecule has 0 saturated carbocycles. The van der Waals surface area contributed by atoms with Gasteiger partial charge in [-0.2, -0.15) is 8.78 Å². The Hall–Kier alpha value is -3.07. The molecule has 0 spiro atoms. The van der Waals surface area contributed by atoms with E-state index in [4.69, 9.17) is 11.6 Å². The highest BCUT2D eigenvalue weighted by molar-refractivity contribution is 6.48. The number of carbonyl (C=O) groups excluding carboxylic acids is 4. The molecular weight excluding hydrogens is 487 g/mol. The molecule has 1 atom stereocenters. The van der Waals surface area contributed by atoms with Gasteiger partial charge >= 0.3 is 5.92 Å². The van der Waals surface area contributed by atoms with Crippen LogP contribution in [0.1, 0.15) is 39.9 Å². The van der Waals surface area contributed by atoms with Crippen molar-refractivity contribution >= 4 is 77.5 Å². The summed E-state index contributed by atoms with van der Waals surface area (Å²) >= 11 is 5.76. The van der Waals surface area contributed by atoms with Gasteiger partial charge in [0.1, 0.15) is 37.4 Å². The van der Waals surface area contributed by atoms with Gasteiger partial charge in [-0.05, 0) is 29.7 Å². The lowest BCUT2D eigenvalue weighted by Crippen LogP contribution is -2.59. The summed E-state index contributed by atoms with van der Waals surface area (Å²) in [5.74, 6) is -6.45. The third-order valence-corrected chi connectivity index (χ3v) is 7.29. The molecule has 182 valence electrons. The number of halogens is 3. The molecule has 2 N–H and O–H groups in total. The van der Waals surface area contributed by atoms with Gasteiger partial charge in [-0.3, -0.25) is 24.5 Å². The van der Waals surface area contributed by atoms with E-state index in [1.807, 2.05) is 0 Å². The van der Waals surface area contributed by atoms with Gasteiger partial charge in [0.2, 0.25) is 11.8 Å². The average molecular weight is 509 g/mol. The first-order chi connectivity index (χ1) is 16.8. The van der Waals surface area contributed by atoms with Gasteiger partial charge in [-0.25, -0.2) is 0 Å². The first kappa shape index (κ1) is 26.0. The molecule has 1 unspecified atom stereocenters. The average Bonchev–Trinajstić information content (AvgIpc) is 2.99. The zero-order chi connectivity index (χ0) is 26.6. The van der Waals surface area contributed by atoms with Crippen molar-refractivity contribution in [3.63, 3.8) is 0 Å². The summed E-state index contributed by atoms with van der Waals surface area (Å²) in [6.07, 6.45) is 0.346. The minimum absolute atomic E-state index is 0.129. The number of benzene rings is 2. The lowest BCUT2D eigenvalue weighted by molar-refractivity contribution is -0.147. The van der Waals surface area contributed by atoms with Crippen LogP contribution in [0.5, 0.6) is 0 Å². The largest absolute Gasteiger partial charge is 0.349 e. The minimum Gasteiger partial charge on any atom is -0.347 e. The second-order valence-electron chi connectivity index (χ2n) is 9.68. The van der Waals surface area contributed by atoms with Crippen molar-refractivity contribution in [3.8, 4) is 0 Å². The van der Waals surface area contributed by atoms with Crippen molar-refractivity contribution in [1.29, 1.82) is 0 Å². The summed E-state index contributed by atoms with van der Waals surface area (Å²) in [7, 11) is 7.12. The monoisotopic (exact) mass is 509 g/mol. The van der Waals surface area contributed by atoms with Crippen molar-refractivity contribution in [3.05, 3.63) is 57.6 Å². The molecule has 2 aromatic carbocycles. The maximum Gasteiger partial charge on any atom is 0.349 e. The molecule has 2 aliphatic rings. The lowest BCUT2D eigenvalue weighted by Gasteiger charge is -2.40. The third kappa shape index (κ3) is 4.23. The van der Waals surface area contributed by atoms with Crippen molar-refractivity contribution < 1.29 is 28.0 Å². The minimum atomic E-state index is -3.76. The second-order valence-corrected chi connectivity index (χ2v) is 10.1. The maximum absolute atomic E-state index is 14.7. The number of hydrogen-bond donors (Lipinski definition) is 2. The molecule has 2 aliphatic heterocycles. The van der Waals surface area contributed by atoms with E-state index in [1.165, 1.54) is 17.0 Å². The number of nitrogens with zero attached hydrogens (tertiary/aromatic N) is 1. The summed E-state index contributed by atoms with van der Waals surface area (Å²) in [5.41, 5.74) is 2.54. The van der Waals surface area contributed by atoms with Crippen molar-refractivity contribution in [2.45, 2.75) is 36.7 Å². The number of nitrogens with one attached hydrogen (secondary N) is 2. The van der Waals surface area contributed by atoms with E-state index in [1.54, 1.807) is 37.5 Å². The van der Waals surface area contributed by atoms with Crippen LogP contribution in [-0.2, 0) is 32.2 Å². The number of alkyl halides is 2. The summed E-state index contributed by atoms with van der Waals surface area (Å²) in [6, 6.07) is 5.65. The van der Waals surface area contributed by atoms with Crippen LogP contribution in [0.3, 0.4) is 0 Å². The van der Waals surface area contributed by atoms with E-state index in [-0.39, 0.29) is 36.2 Å². The summed E-state index contributed by atoms with van der Waals surface area (Å²) < 4.78 is 29.5. The number of fused-ring (bicyclic) bond motifs is 1. The Balaban J connectivity index is 1.62. The molecule has 0 radical (unpaired) electrons. The van der Waals surface area contributed by atoms with E-state index >= 15 is 0 Å². The molecule has 1 saturated heterocycles. The zero-order valence-electron chi connectivity index (χ0n) is 20.3. The quantitative estimate of drug-likeness (QED) is 0.330. The molecule has 7 nitrogen and oxygen atoms in total. The number of rotatable bonds is 5. The van der Waals surface area contributed by atoms with Crippen LogP contribution in [0.2, 0.25) is 5.02 Å². The molecular formula is C22H22B4ClF2N3O4. The number of carbonyl (C=O) groups is 4.